The van der Waals surface area contributed by atoms with E-state index in [4.69, 9.17) is 0 Å². The largest absolute Gasteiger partial charge is 0.309 e. The second kappa shape index (κ2) is 4.15. The van der Waals surface area contributed by atoms with Crippen LogP contribution in [-0.4, -0.2) is 15.6 Å². The van der Waals surface area contributed by atoms with Gasteiger partial charge in [-0.1, -0.05) is 17.3 Å². The molecule has 1 aliphatic carbocycles. The molecule has 1 aromatic heterocycles. The minimum absolute atomic E-state index is 0.620. The van der Waals surface area contributed by atoms with Crippen molar-refractivity contribution < 1.29 is 0 Å². The Morgan fingerprint density at radius 2 is 2.54 bits per heavy atom. The zero-order valence-corrected chi connectivity index (χ0v) is 8.68. The molecule has 0 radical (unpaired) electrons. The zero-order chi connectivity index (χ0) is 9.10. The van der Waals surface area contributed by atoms with Gasteiger partial charge in [0, 0.05) is 18.0 Å². The van der Waals surface area contributed by atoms with Crippen molar-refractivity contribution in [2.45, 2.75) is 38.8 Å². The minimum atomic E-state index is 0.620. The Kier molecular flexibility index (Phi) is 2.90. The molecule has 1 saturated carbocycles. The van der Waals surface area contributed by atoms with Gasteiger partial charge in [-0.3, -0.25) is 0 Å². The molecule has 1 N–H and O–H groups in total. The van der Waals surface area contributed by atoms with Crippen LogP contribution < -0.4 is 5.32 Å². The van der Waals surface area contributed by atoms with E-state index in [0.717, 1.165) is 18.2 Å². The first-order chi connectivity index (χ1) is 6.34. The van der Waals surface area contributed by atoms with Crippen molar-refractivity contribution in [1.82, 2.24) is 14.9 Å². The predicted molar refractivity (Wildman–Crippen MR) is 53.6 cm³/mol. The van der Waals surface area contributed by atoms with Gasteiger partial charge in [-0.05, 0) is 30.8 Å². The lowest BCUT2D eigenvalue weighted by Gasteiger charge is -2.11. The Labute approximate surface area is 82.7 Å². The van der Waals surface area contributed by atoms with Gasteiger partial charge >= 0.3 is 0 Å². The van der Waals surface area contributed by atoms with Crippen LogP contribution in [0.1, 0.15) is 31.9 Å². The summed E-state index contributed by atoms with van der Waals surface area (Å²) in [5, 5.41) is 9.45. The Hall–Kier alpha value is -0.480. The Balaban J connectivity index is 1.66. The van der Waals surface area contributed by atoms with Crippen molar-refractivity contribution in [2.24, 2.45) is 5.92 Å². The topological polar surface area (TPSA) is 37.8 Å². The van der Waals surface area contributed by atoms with Crippen molar-refractivity contribution in [3.05, 3.63) is 11.1 Å². The SMILES string of the molecule is CC(CC1CC1)NCc1csnn1. The summed E-state index contributed by atoms with van der Waals surface area (Å²) in [7, 11) is 0. The predicted octanol–water partition coefficient (Wildman–Crippen LogP) is 1.82. The summed E-state index contributed by atoms with van der Waals surface area (Å²) in [6.45, 7) is 3.11. The number of nitrogens with one attached hydrogen (secondary N) is 1. The molecule has 1 aliphatic rings. The number of rotatable bonds is 5. The lowest BCUT2D eigenvalue weighted by atomic mass is 10.1. The average molecular weight is 197 g/mol. The van der Waals surface area contributed by atoms with Gasteiger partial charge in [0.25, 0.3) is 0 Å². The van der Waals surface area contributed by atoms with Crippen molar-refractivity contribution in [3.8, 4) is 0 Å². The maximum atomic E-state index is 3.99. The van der Waals surface area contributed by atoms with Crippen LogP contribution in [0.15, 0.2) is 5.38 Å². The van der Waals surface area contributed by atoms with Crippen LogP contribution in [0.25, 0.3) is 0 Å². The Morgan fingerprint density at radius 3 is 3.15 bits per heavy atom. The highest BCUT2D eigenvalue weighted by Crippen LogP contribution is 2.33. The van der Waals surface area contributed by atoms with Gasteiger partial charge in [0.2, 0.25) is 0 Å². The normalized spacial score (nSPS) is 18.8. The van der Waals surface area contributed by atoms with Crippen LogP contribution in [0, 0.1) is 5.92 Å². The fourth-order valence-electron chi connectivity index (χ4n) is 1.48. The molecule has 1 aromatic rings. The quantitative estimate of drug-likeness (QED) is 0.782. The smallest absolute Gasteiger partial charge is 0.0893 e. The second-order valence-electron chi connectivity index (χ2n) is 3.86. The summed E-state index contributed by atoms with van der Waals surface area (Å²) in [4.78, 5) is 0. The Bertz CT molecular complexity index is 243. The van der Waals surface area contributed by atoms with Crippen LogP contribution in [0.2, 0.25) is 0 Å². The number of aromatic nitrogens is 2. The van der Waals surface area contributed by atoms with Gasteiger partial charge in [-0.25, -0.2) is 0 Å². The van der Waals surface area contributed by atoms with Crippen molar-refractivity contribution in [3.63, 3.8) is 0 Å². The molecule has 0 bridgehead atoms. The van der Waals surface area contributed by atoms with Crippen LogP contribution in [0.5, 0.6) is 0 Å². The highest BCUT2D eigenvalue weighted by molar-refractivity contribution is 7.03. The summed E-state index contributed by atoms with van der Waals surface area (Å²) >= 11 is 1.42. The molecule has 0 amide bonds. The van der Waals surface area contributed by atoms with E-state index >= 15 is 0 Å². The van der Waals surface area contributed by atoms with Gasteiger partial charge in [-0.2, -0.15) is 0 Å². The van der Waals surface area contributed by atoms with Crippen molar-refractivity contribution in [1.29, 1.82) is 0 Å². The molecule has 13 heavy (non-hydrogen) atoms. The van der Waals surface area contributed by atoms with E-state index in [0.29, 0.717) is 6.04 Å². The van der Waals surface area contributed by atoms with Gasteiger partial charge in [0.05, 0.1) is 5.69 Å². The van der Waals surface area contributed by atoms with Crippen LogP contribution in [0.4, 0.5) is 0 Å². The third kappa shape index (κ3) is 3.04. The summed E-state index contributed by atoms with van der Waals surface area (Å²) in [5.41, 5.74) is 1.06. The maximum Gasteiger partial charge on any atom is 0.0893 e. The first-order valence-corrected chi connectivity index (χ1v) is 5.67. The first kappa shape index (κ1) is 9.09. The second-order valence-corrected chi connectivity index (χ2v) is 4.47. The molecule has 1 atom stereocenters. The minimum Gasteiger partial charge on any atom is -0.309 e. The molecular formula is C9H15N3S. The van der Waals surface area contributed by atoms with E-state index < -0.39 is 0 Å². The molecule has 2 rings (SSSR count). The van der Waals surface area contributed by atoms with E-state index in [1.165, 1.54) is 30.8 Å². The first-order valence-electron chi connectivity index (χ1n) is 4.84. The molecule has 0 saturated heterocycles. The molecule has 72 valence electrons. The van der Waals surface area contributed by atoms with Crippen LogP contribution in [-0.2, 0) is 6.54 Å². The van der Waals surface area contributed by atoms with Gasteiger partial charge < -0.3 is 5.32 Å². The van der Waals surface area contributed by atoms with E-state index in [9.17, 15) is 0 Å². The number of hydrogen-bond acceptors (Lipinski definition) is 4. The summed E-state index contributed by atoms with van der Waals surface area (Å²) < 4.78 is 3.83. The van der Waals surface area contributed by atoms with Crippen LogP contribution >= 0.6 is 11.5 Å². The number of nitrogens with zero attached hydrogens (tertiary/aromatic N) is 2. The van der Waals surface area contributed by atoms with Gasteiger partial charge in [-0.15, -0.1) is 5.10 Å². The molecule has 3 nitrogen and oxygen atoms in total. The van der Waals surface area contributed by atoms with Gasteiger partial charge in [0.15, 0.2) is 0 Å². The summed E-state index contributed by atoms with van der Waals surface area (Å²) in [6, 6.07) is 0.620. The van der Waals surface area contributed by atoms with E-state index in [2.05, 4.69) is 21.8 Å². The molecule has 0 aliphatic heterocycles. The lowest BCUT2D eigenvalue weighted by Crippen LogP contribution is -2.26. The molecule has 0 aromatic carbocycles. The standard InChI is InChI=1S/C9H15N3S/c1-7(4-8-2-3-8)10-5-9-6-13-12-11-9/h6-8,10H,2-5H2,1H3. The molecule has 4 heteroatoms. The monoisotopic (exact) mass is 197 g/mol. The molecule has 1 fully saturated rings. The average Bonchev–Trinajstić information content (AvgIpc) is 2.78. The Morgan fingerprint density at radius 1 is 1.69 bits per heavy atom. The number of hydrogen-bond donors (Lipinski definition) is 1. The van der Waals surface area contributed by atoms with E-state index in [1.807, 2.05) is 5.38 Å². The zero-order valence-electron chi connectivity index (χ0n) is 7.86. The summed E-state index contributed by atoms with van der Waals surface area (Å²) in [6.07, 6.45) is 4.19. The third-order valence-electron chi connectivity index (χ3n) is 2.42. The molecule has 1 heterocycles. The maximum absolute atomic E-state index is 3.99. The molecular weight excluding hydrogens is 182 g/mol. The van der Waals surface area contributed by atoms with E-state index in [-0.39, 0.29) is 0 Å². The highest BCUT2D eigenvalue weighted by atomic mass is 32.1. The van der Waals surface area contributed by atoms with Crippen molar-refractivity contribution in [2.75, 3.05) is 0 Å². The van der Waals surface area contributed by atoms with E-state index in [1.54, 1.807) is 0 Å². The third-order valence-corrected chi connectivity index (χ3v) is 2.97. The van der Waals surface area contributed by atoms with Crippen LogP contribution in [0.3, 0.4) is 0 Å². The van der Waals surface area contributed by atoms with Gasteiger partial charge in [0.1, 0.15) is 0 Å². The fourth-order valence-corrected chi connectivity index (χ4v) is 1.93. The highest BCUT2D eigenvalue weighted by Gasteiger charge is 2.23. The lowest BCUT2D eigenvalue weighted by molar-refractivity contribution is 0.484. The molecule has 0 spiro atoms. The summed E-state index contributed by atoms with van der Waals surface area (Å²) in [5.74, 6) is 0.996. The fraction of sp³-hybridized carbons (Fsp3) is 0.778. The molecule has 1 unspecified atom stereocenters. The van der Waals surface area contributed by atoms with Crippen molar-refractivity contribution >= 4 is 11.5 Å².